The van der Waals surface area contributed by atoms with Crippen LogP contribution in [0.15, 0.2) is 63.8 Å². The number of piperidine rings is 1. The zero-order valence-electron chi connectivity index (χ0n) is 15.7. The molecule has 0 radical (unpaired) electrons. The fourth-order valence-electron chi connectivity index (χ4n) is 3.75. The van der Waals surface area contributed by atoms with Gasteiger partial charge in [-0.3, -0.25) is 9.67 Å². The van der Waals surface area contributed by atoms with E-state index in [1.54, 1.807) is 0 Å². The molecule has 1 N–H and O–H groups in total. The first-order valence-corrected chi connectivity index (χ1v) is 9.53. The first-order chi connectivity index (χ1) is 13.3. The molecule has 2 aromatic heterocycles. The van der Waals surface area contributed by atoms with E-state index < -0.39 is 0 Å². The largest absolute Gasteiger partial charge is 1.00 e. The van der Waals surface area contributed by atoms with E-state index in [0.717, 1.165) is 48.1 Å². The quantitative estimate of drug-likeness (QED) is 0.238. The van der Waals surface area contributed by atoms with Crippen LogP contribution in [0.2, 0.25) is 0 Å². The molecular weight excluding hydrogens is 399 g/mol. The van der Waals surface area contributed by atoms with Gasteiger partial charge in [-0.25, -0.2) is 0 Å². The molecule has 0 bridgehead atoms. The number of H-pyrrole nitrogens is 1. The number of benzene rings is 2. The molecule has 5 rings (SSSR count). The van der Waals surface area contributed by atoms with E-state index in [1.165, 1.54) is 6.42 Å². The van der Waals surface area contributed by atoms with Gasteiger partial charge in [-0.05, 0) is 42.9 Å². The normalized spacial score (nSPS) is 16.9. The third kappa shape index (κ3) is 3.89. The predicted molar refractivity (Wildman–Crippen MR) is 105 cm³/mol. The number of anilines is 1. The minimum absolute atomic E-state index is 0. The van der Waals surface area contributed by atoms with Gasteiger partial charge in [-0.15, -0.1) is 0 Å². The number of hydrogen-bond donors (Lipinski definition) is 1. The molecule has 6 nitrogen and oxygen atoms in total. The van der Waals surface area contributed by atoms with Gasteiger partial charge in [0.1, 0.15) is 0 Å². The second-order valence-electron chi connectivity index (χ2n) is 6.76. The topological polar surface area (TPSA) is 63.1 Å². The Morgan fingerprint density at radius 2 is 1.82 bits per heavy atom. The van der Waals surface area contributed by atoms with Crippen molar-refractivity contribution in [1.29, 1.82) is 0 Å². The molecule has 1 aliphatic heterocycles. The number of hydrogen-bond acceptors (Lipinski definition) is 5. The summed E-state index contributed by atoms with van der Waals surface area (Å²) in [4.78, 5) is 2.35. The molecule has 0 saturated carbocycles. The molecule has 0 aliphatic carbocycles. The third-order valence-corrected chi connectivity index (χ3v) is 5.35. The van der Waals surface area contributed by atoms with E-state index in [4.69, 9.17) is 21.4 Å². The van der Waals surface area contributed by atoms with Crippen LogP contribution in [0.1, 0.15) is 31.3 Å². The minimum Gasteiger partial charge on any atom is -0.465 e. The summed E-state index contributed by atoms with van der Waals surface area (Å²) < 4.78 is 12.6. The van der Waals surface area contributed by atoms with Gasteiger partial charge < -0.3 is 14.1 Å². The van der Waals surface area contributed by atoms with Crippen molar-refractivity contribution in [2.24, 2.45) is 0 Å². The molecule has 3 heterocycles. The van der Waals surface area contributed by atoms with E-state index in [1.807, 2.05) is 34.9 Å². The SMILES string of the molecule is S=c1[nH]nc(-c2ccccc2)n1-c1cccc(N2CCCCC2[c-]2oo2)c1.[K+]. The van der Waals surface area contributed by atoms with Gasteiger partial charge in [-0.1, -0.05) is 49.2 Å². The van der Waals surface area contributed by atoms with Crippen molar-refractivity contribution in [3.63, 3.8) is 0 Å². The summed E-state index contributed by atoms with van der Waals surface area (Å²) in [6.07, 6.45) is 3.39. The molecule has 138 valence electrons. The molecule has 8 heteroatoms. The first-order valence-electron chi connectivity index (χ1n) is 9.12. The summed E-state index contributed by atoms with van der Waals surface area (Å²) in [5.41, 5.74) is 3.13. The molecule has 4 aromatic rings. The van der Waals surface area contributed by atoms with Crippen molar-refractivity contribution in [2.75, 3.05) is 11.4 Å². The minimum atomic E-state index is 0. The Bertz CT molecular complexity index is 1080. The average molecular weight is 419 g/mol. The first kappa shape index (κ1) is 20.0. The fraction of sp³-hybridized carbons (Fsp3) is 0.250. The van der Waals surface area contributed by atoms with Crippen LogP contribution in [0.5, 0.6) is 0 Å². The van der Waals surface area contributed by atoms with Gasteiger partial charge in [-0.2, -0.15) is 5.10 Å². The Morgan fingerprint density at radius 3 is 2.61 bits per heavy atom. The maximum atomic E-state index is 5.52. The van der Waals surface area contributed by atoms with Gasteiger partial charge in [0.2, 0.25) is 0 Å². The monoisotopic (exact) mass is 418 g/mol. The summed E-state index contributed by atoms with van der Waals surface area (Å²) in [5, 5.41) is 7.37. The van der Waals surface area contributed by atoms with Crippen molar-refractivity contribution in [2.45, 2.75) is 25.3 Å². The van der Waals surface area contributed by atoms with Gasteiger partial charge in [0.05, 0.1) is 11.6 Å². The Balaban J connectivity index is 0.00000192. The third-order valence-electron chi connectivity index (χ3n) is 5.08. The van der Waals surface area contributed by atoms with Crippen molar-refractivity contribution >= 4 is 17.9 Å². The van der Waals surface area contributed by atoms with Gasteiger partial charge >= 0.3 is 51.4 Å². The van der Waals surface area contributed by atoms with Crippen molar-refractivity contribution in [3.05, 3.63) is 65.3 Å². The van der Waals surface area contributed by atoms with Crippen molar-refractivity contribution in [3.8, 4) is 17.1 Å². The summed E-state index contributed by atoms with van der Waals surface area (Å²) in [7, 11) is 0. The van der Waals surface area contributed by atoms with Crippen LogP contribution in [0.3, 0.4) is 0 Å². The van der Waals surface area contributed by atoms with E-state index in [9.17, 15) is 0 Å². The molecule has 1 unspecified atom stereocenters. The summed E-state index contributed by atoms with van der Waals surface area (Å²) in [6, 6.07) is 18.6. The Hall–Kier alpha value is -1.29. The van der Waals surface area contributed by atoms with E-state index in [-0.39, 0.29) is 57.4 Å². The summed E-state index contributed by atoms with van der Waals surface area (Å²) in [5.74, 6) is 1.53. The zero-order valence-corrected chi connectivity index (χ0v) is 19.6. The second kappa shape index (κ2) is 8.60. The van der Waals surface area contributed by atoms with E-state index >= 15 is 0 Å². The van der Waals surface area contributed by atoms with Gasteiger partial charge in [0, 0.05) is 17.8 Å². The number of rotatable bonds is 4. The van der Waals surface area contributed by atoms with Crippen LogP contribution in [-0.4, -0.2) is 21.3 Å². The van der Waals surface area contributed by atoms with Crippen LogP contribution in [0.25, 0.3) is 17.1 Å². The Kier molecular flexibility index (Phi) is 6.14. The molecular formula is C20H19KN4O2S. The molecule has 0 spiro atoms. The molecule has 28 heavy (non-hydrogen) atoms. The van der Waals surface area contributed by atoms with Crippen molar-refractivity contribution in [1.82, 2.24) is 14.8 Å². The van der Waals surface area contributed by atoms with Gasteiger partial charge in [0.15, 0.2) is 10.6 Å². The zero-order chi connectivity index (χ0) is 18.2. The van der Waals surface area contributed by atoms with Crippen LogP contribution >= 0.6 is 12.2 Å². The smallest absolute Gasteiger partial charge is 0.465 e. The van der Waals surface area contributed by atoms with Crippen LogP contribution in [0, 0.1) is 4.77 Å². The molecule has 1 atom stereocenters. The molecule has 0 amide bonds. The number of aromatic amines is 1. The maximum absolute atomic E-state index is 5.52. The number of nitrogens with one attached hydrogen (secondary N) is 1. The van der Waals surface area contributed by atoms with Crippen molar-refractivity contribution < 1.29 is 60.5 Å². The van der Waals surface area contributed by atoms with Crippen LogP contribution in [0.4, 0.5) is 5.69 Å². The fourth-order valence-corrected chi connectivity index (χ4v) is 3.99. The van der Waals surface area contributed by atoms with Gasteiger partial charge in [0.25, 0.3) is 0 Å². The van der Waals surface area contributed by atoms with E-state index in [2.05, 4.69) is 39.4 Å². The Morgan fingerprint density at radius 1 is 1.04 bits per heavy atom. The van der Waals surface area contributed by atoms with E-state index in [0.29, 0.717) is 4.77 Å². The molecule has 2 aromatic carbocycles. The average Bonchev–Trinajstić information content (AvgIpc) is 3.50. The number of nitrogens with zero attached hydrogens (tertiary/aromatic N) is 3. The standard InChI is InChI=1S/C20H19N4O2S.K/c27-20-22-21-18(14-7-2-1-3-8-14)24(20)16-10-6-9-15(13-16)23-12-5-4-11-17(23)19-25-26-19;/h1-3,6-10,13,17H,4-5,11-12H2,(H,22,27);/q-1;+1. The molecule has 1 saturated heterocycles. The predicted octanol–water partition coefficient (Wildman–Crippen LogP) is 2.24. The summed E-state index contributed by atoms with van der Waals surface area (Å²) >= 11 is 5.52. The molecule has 1 aliphatic rings. The number of aromatic nitrogens is 3. The van der Waals surface area contributed by atoms with Crippen LogP contribution < -0.4 is 56.3 Å². The Labute approximate surface area is 210 Å². The summed E-state index contributed by atoms with van der Waals surface area (Å²) in [6.45, 7) is 0.979. The molecule has 1 fully saturated rings. The van der Waals surface area contributed by atoms with Crippen LogP contribution in [-0.2, 0) is 0 Å². The maximum Gasteiger partial charge on any atom is 1.00 e. The second-order valence-corrected chi connectivity index (χ2v) is 7.15.